The second-order valence-corrected chi connectivity index (χ2v) is 5.03. The summed E-state index contributed by atoms with van der Waals surface area (Å²) in [6.07, 6.45) is 0.990. The molecule has 0 spiro atoms. The Balaban J connectivity index is 1.91. The summed E-state index contributed by atoms with van der Waals surface area (Å²) >= 11 is 11.8. The zero-order valence-electron chi connectivity index (χ0n) is 9.61. The normalized spacial score (nSPS) is 14.4. The second kappa shape index (κ2) is 4.75. The third kappa shape index (κ3) is 2.28. The minimum atomic E-state index is 0.379. The minimum absolute atomic E-state index is 0.379. The lowest BCUT2D eigenvalue weighted by Gasteiger charge is -2.28. The fraction of sp³-hybridized carbons (Fsp3) is 0.231. The number of anilines is 1. The van der Waals surface area contributed by atoms with Crippen LogP contribution in [0.25, 0.3) is 0 Å². The van der Waals surface area contributed by atoms with Gasteiger partial charge in [0.2, 0.25) is 5.95 Å². The Morgan fingerprint density at radius 2 is 1.67 bits per heavy atom. The Kier molecular flexibility index (Phi) is 3.10. The van der Waals surface area contributed by atoms with E-state index in [9.17, 15) is 0 Å². The van der Waals surface area contributed by atoms with E-state index in [2.05, 4.69) is 33.1 Å². The monoisotopic (exact) mass is 279 g/mol. The Hall–Kier alpha value is -1.32. The number of aromatic nitrogens is 2. The molecule has 5 heteroatoms. The van der Waals surface area contributed by atoms with E-state index in [0.29, 0.717) is 16.3 Å². The van der Waals surface area contributed by atoms with Gasteiger partial charge in [0.25, 0.3) is 0 Å². The van der Waals surface area contributed by atoms with Crippen LogP contribution in [0, 0.1) is 0 Å². The highest BCUT2D eigenvalue weighted by Gasteiger charge is 2.18. The van der Waals surface area contributed by atoms with Crippen molar-refractivity contribution >= 4 is 29.2 Å². The van der Waals surface area contributed by atoms with Gasteiger partial charge in [-0.1, -0.05) is 47.5 Å². The Labute approximate surface area is 115 Å². The Morgan fingerprint density at radius 1 is 1.00 bits per heavy atom. The van der Waals surface area contributed by atoms with Gasteiger partial charge in [0, 0.05) is 19.2 Å². The predicted octanol–water partition coefficient (Wildman–Crippen LogP) is 3.35. The maximum Gasteiger partial charge on any atom is 0.228 e. The van der Waals surface area contributed by atoms with Gasteiger partial charge >= 0.3 is 0 Å². The molecule has 3 nitrogen and oxygen atoms in total. The lowest BCUT2D eigenvalue weighted by atomic mass is 10.0. The van der Waals surface area contributed by atoms with Crippen LogP contribution >= 0.6 is 23.2 Å². The van der Waals surface area contributed by atoms with E-state index in [0.717, 1.165) is 19.5 Å². The van der Waals surface area contributed by atoms with Crippen molar-refractivity contribution in [3.05, 3.63) is 51.8 Å². The van der Waals surface area contributed by atoms with E-state index < -0.39 is 0 Å². The van der Waals surface area contributed by atoms with Crippen molar-refractivity contribution in [1.29, 1.82) is 0 Å². The van der Waals surface area contributed by atoms with E-state index >= 15 is 0 Å². The molecule has 2 aromatic rings. The lowest BCUT2D eigenvalue weighted by molar-refractivity contribution is 0.708. The van der Waals surface area contributed by atoms with Gasteiger partial charge in [0.15, 0.2) is 0 Å². The molecule has 3 rings (SSSR count). The second-order valence-electron chi connectivity index (χ2n) is 4.25. The SMILES string of the molecule is Clc1cc(Cl)nc(N2CCc3ccccc3C2)n1. The Morgan fingerprint density at radius 3 is 2.39 bits per heavy atom. The topological polar surface area (TPSA) is 29.0 Å². The number of hydrogen-bond donors (Lipinski definition) is 0. The quantitative estimate of drug-likeness (QED) is 0.750. The highest BCUT2D eigenvalue weighted by atomic mass is 35.5. The van der Waals surface area contributed by atoms with Crippen LogP contribution in [0.15, 0.2) is 30.3 Å². The third-order valence-corrected chi connectivity index (χ3v) is 3.45. The first kappa shape index (κ1) is 11.8. The van der Waals surface area contributed by atoms with E-state index in [1.807, 2.05) is 6.07 Å². The average Bonchev–Trinajstić information content (AvgIpc) is 2.37. The molecule has 0 saturated heterocycles. The molecule has 0 bridgehead atoms. The van der Waals surface area contributed by atoms with E-state index in [1.54, 1.807) is 6.07 Å². The molecule has 1 aromatic heterocycles. The van der Waals surface area contributed by atoms with Crippen LogP contribution in [0.2, 0.25) is 10.3 Å². The van der Waals surface area contributed by atoms with E-state index in [1.165, 1.54) is 11.1 Å². The van der Waals surface area contributed by atoms with E-state index in [-0.39, 0.29) is 0 Å². The molecule has 0 amide bonds. The van der Waals surface area contributed by atoms with E-state index in [4.69, 9.17) is 23.2 Å². The van der Waals surface area contributed by atoms with Gasteiger partial charge in [-0.2, -0.15) is 0 Å². The zero-order valence-corrected chi connectivity index (χ0v) is 11.1. The molecular weight excluding hydrogens is 269 g/mol. The van der Waals surface area contributed by atoms with Crippen LogP contribution in [-0.2, 0) is 13.0 Å². The molecule has 1 aliphatic heterocycles. The maximum atomic E-state index is 5.91. The molecule has 0 N–H and O–H groups in total. The van der Waals surface area contributed by atoms with Gasteiger partial charge in [-0.05, 0) is 17.5 Å². The number of benzene rings is 1. The number of nitrogens with zero attached hydrogens (tertiary/aromatic N) is 3. The molecule has 0 atom stereocenters. The summed E-state index contributed by atoms with van der Waals surface area (Å²) in [6.45, 7) is 1.68. The van der Waals surface area contributed by atoms with Gasteiger partial charge < -0.3 is 4.90 Å². The van der Waals surface area contributed by atoms with Crippen molar-refractivity contribution in [3.8, 4) is 0 Å². The predicted molar refractivity (Wildman–Crippen MR) is 73.2 cm³/mol. The molecule has 0 unspecified atom stereocenters. The smallest absolute Gasteiger partial charge is 0.228 e. The molecule has 1 aromatic carbocycles. The van der Waals surface area contributed by atoms with Gasteiger partial charge in [-0.3, -0.25) is 0 Å². The minimum Gasteiger partial charge on any atom is -0.336 e. The highest BCUT2D eigenvalue weighted by Crippen LogP contribution is 2.24. The summed E-state index contributed by atoms with van der Waals surface area (Å²) in [6, 6.07) is 9.96. The summed E-state index contributed by atoms with van der Waals surface area (Å²) in [5.74, 6) is 0.599. The number of halogens is 2. The van der Waals surface area contributed by atoms with Crippen molar-refractivity contribution < 1.29 is 0 Å². The molecule has 0 aliphatic carbocycles. The van der Waals surface area contributed by atoms with Crippen molar-refractivity contribution in [2.24, 2.45) is 0 Å². The third-order valence-electron chi connectivity index (χ3n) is 3.07. The summed E-state index contributed by atoms with van der Waals surface area (Å²) in [5, 5.41) is 0.757. The maximum absolute atomic E-state index is 5.91. The van der Waals surface area contributed by atoms with Crippen LogP contribution in [0.5, 0.6) is 0 Å². The van der Waals surface area contributed by atoms with Crippen LogP contribution in [0.4, 0.5) is 5.95 Å². The van der Waals surface area contributed by atoms with Crippen LogP contribution < -0.4 is 4.90 Å². The van der Waals surface area contributed by atoms with Gasteiger partial charge in [-0.15, -0.1) is 0 Å². The molecule has 18 heavy (non-hydrogen) atoms. The van der Waals surface area contributed by atoms with Gasteiger partial charge in [-0.25, -0.2) is 9.97 Å². The average molecular weight is 280 g/mol. The molecule has 0 radical (unpaired) electrons. The highest BCUT2D eigenvalue weighted by molar-refractivity contribution is 6.33. The molecule has 0 fully saturated rings. The first-order valence-corrected chi connectivity index (χ1v) is 6.50. The largest absolute Gasteiger partial charge is 0.336 e. The number of fused-ring (bicyclic) bond motifs is 1. The van der Waals surface area contributed by atoms with Crippen molar-refractivity contribution in [3.63, 3.8) is 0 Å². The van der Waals surface area contributed by atoms with Crippen molar-refractivity contribution in [1.82, 2.24) is 9.97 Å². The zero-order chi connectivity index (χ0) is 12.5. The number of hydrogen-bond acceptors (Lipinski definition) is 3. The van der Waals surface area contributed by atoms with Crippen molar-refractivity contribution in [2.75, 3.05) is 11.4 Å². The first-order valence-electron chi connectivity index (χ1n) is 5.74. The fourth-order valence-electron chi connectivity index (χ4n) is 2.19. The van der Waals surface area contributed by atoms with Gasteiger partial charge in [0.05, 0.1) is 0 Å². The summed E-state index contributed by atoms with van der Waals surface area (Å²) in [5.41, 5.74) is 2.70. The van der Waals surface area contributed by atoms with Gasteiger partial charge in [0.1, 0.15) is 10.3 Å². The summed E-state index contributed by atoms with van der Waals surface area (Å²) in [7, 11) is 0. The molecular formula is C13H11Cl2N3. The van der Waals surface area contributed by atoms with Crippen LogP contribution in [0.3, 0.4) is 0 Å². The van der Waals surface area contributed by atoms with Crippen LogP contribution in [0.1, 0.15) is 11.1 Å². The fourth-order valence-corrected chi connectivity index (χ4v) is 2.60. The molecule has 2 heterocycles. The van der Waals surface area contributed by atoms with Crippen molar-refractivity contribution in [2.45, 2.75) is 13.0 Å². The molecule has 0 saturated carbocycles. The summed E-state index contributed by atoms with van der Waals surface area (Å²) in [4.78, 5) is 10.6. The Bertz CT molecular complexity index is 566. The standard InChI is InChI=1S/C13H11Cl2N3/c14-11-7-12(15)17-13(16-11)18-6-5-9-3-1-2-4-10(9)8-18/h1-4,7H,5-6,8H2. The lowest BCUT2D eigenvalue weighted by Crippen LogP contribution is -2.31. The molecule has 1 aliphatic rings. The summed E-state index contributed by atoms with van der Waals surface area (Å²) < 4.78 is 0. The molecule has 92 valence electrons. The number of rotatable bonds is 1. The first-order chi connectivity index (χ1) is 8.72. The van der Waals surface area contributed by atoms with Crippen LogP contribution in [-0.4, -0.2) is 16.5 Å².